The van der Waals surface area contributed by atoms with Crippen molar-refractivity contribution in [2.75, 3.05) is 4.90 Å². The number of nitrogens with two attached hydrogens (primary N) is 1. The first kappa shape index (κ1) is 20.2. The SMILES string of the molecule is Cc1ccc(C2C(C#N)=C(N)N(c3cccc(C(F)(F)F)c3)C3=C2C(=O)CCC3)s1. The standard InChI is InChI=1S/C22H18F3N3OS/c1-12-8-9-18(30-12)19-15(11-26)21(27)28(16-6-3-7-17(29)20(16)19)14-5-2-4-13(10-14)22(23,24)25/h2,4-5,8-10,19H,3,6-7,27H2,1H3. The summed E-state index contributed by atoms with van der Waals surface area (Å²) >= 11 is 1.48. The molecule has 2 heterocycles. The Bertz CT molecular complexity index is 1140. The van der Waals surface area contributed by atoms with Crippen LogP contribution in [0.25, 0.3) is 0 Å². The number of Topliss-reactive ketones (excluding diaryl/α,β-unsaturated/α-hetero) is 1. The van der Waals surface area contributed by atoms with Crippen molar-refractivity contribution in [2.24, 2.45) is 5.73 Å². The van der Waals surface area contributed by atoms with Crippen LogP contribution in [0.1, 0.15) is 40.5 Å². The minimum Gasteiger partial charge on any atom is -0.384 e. The van der Waals surface area contributed by atoms with Crippen LogP contribution in [-0.4, -0.2) is 5.78 Å². The van der Waals surface area contributed by atoms with Crippen LogP contribution in [0.15, 0.2) is 59.1 Å². The molecule has 1 aliphatic heterocycles. The van der Waals surface area contributed by atoms with Crippen molar-refractivity contribution in [3.63, 3.8) is 0 Å². The first-order valence-electron chi connectivity index (χ1n) is 9.42. The lowest BCUT2D eigenvalue weighted by atomic mass is 9.78. The van der Waals surface area contributed by atoms with E-state index in [2.05, 4.69) is 6.07 Å². The molecular formula is C22H18F3N3OS. The van der Waals surface area contributed by atoms with Gasteiger partial charge < -0.3 is 5.73 Å². The molecule has 1 unspecified atom stereocenters. The Morgan fingerprint density at radius 1 is 1.23 bits per heavy atom. The highest BCUT2D eigenvalue weighted by Gasteiger charge is 2.41. The summed E-state index contributed by atoms with van der Waals surface area (Å²) in [5.74, 6) is -0.607. The number of anilines is 1. The van der Waals surface area contributed by atoms with Crippen LogP contribution in [-0.2, 0) is 11.0 Å². The van der Waals surface area contributed by atoms with E-state index in [9.17, 15) is 23.2 Å². The van der Waals surface area contributed by atoms with Crippen LogP contribution in [0.2, 0.25) is 0 Å². The molecule has 1 aromatic heterocycles. The number of carbonyl (C=O) groups is 1. The molecule has 0 amide bonds. The maximum absolute atomic E-state index is 13.3. The van der Waals surface area contributed by atoms with Crippen LogP contribution < -0.4 is 10.6 Å². The van der Waals surface area contributed by atoms with Gasteiger partial charge in [-0.15, -0.1) is 11.3 Å². The Kier molecular flexibility index (Phi) is 4.94. The van der Waals surface area contributed by atoms with E-state index in [1.807, 2.05) is 19.1 Å². The topological polar surface area (TPSA) is 70.1 Å². The van der Waals surface area contributed by atoms with Crippen molar-refractivity contribution in [3.05, 3.63) is 74.4 Å². The first-order valence-corrected chi connectivity index (χ1v) is 10.2. The van der Waals surface area contributed by atoms with Gasteiger partial charge in [0.05, 0.1) is 23.1 Å². The Morgan fingerprint density at radius 2 is 2.00 bits per heavy atom. The van der Waals surface area contributed by atoms with Crippen LogP contribution in [0.5, 0.6) is 0 Å². The number of ketones is 1. The first-order chi connectivity index (χ1) is 14.2. The number of nitriles is 1. The van der Waals surface area contributed by atoms with E-state index in [0.29, 0.717) is 30.5 Å². The molecular weight excluding hydrogens is 411 g/mol. The molecule has 4 nitrogen and oxygen atoms in total. The zero-order valence-electron chi connectivity index (χ0n) is 16.1. The summed E-state index contributed by atoms with van der Waals surface area (Å²) in [6, 6.07) is 10.7. The number of allylic oxidation sites excluding steroid dienone is 3. The fourth-order valence-corrected chi connectivity index (χ4v) is 5.09. The number of rotatable bonds is 2. The molecule has 2 aromatic rings. The third-order valence-electron chi connectivity index (χ3n) is 5.39. The maximum Gasteiger partial charge on any atom is 0.416 e. The predicted molar refractivity (Wildman–Crippen MR) is 108 cm³/mol. The predicted octanol–water partition coefficient (Wildman–Crippen LogP) is 5.38. The van der Waals surface area contributed by atoms with Crippen molar-refractivity contribution >= 4 is 22.8 Å². The van der Waals surface area contributed by atoms with Crippen molar-refractivity contribution in [3.8, 4) is 6.07 Å². The normalized spacial score (nSPS) is 19.8. The monoisotopic (exact) mass is 429 g/mol. The van der Waals surface area contributed by atoms with Gasteiger partial charge in [0.25, 0.3) is 0 Å². The van der Waals surface area contributed by atoms with Gasteiger partial charge in [-0.2, -0.15) is 18.4 Å². The van der Waals surface area contributed by atoms with E-state index < -0.39 is 17.7 Å². The molecule has 4 rings (SSSR count). The number of hydrogen-bond acceptors (Lipinski definition) is 5. The van der Waals surface area contributed by atoms with E-state index >= 15 is 0 Å². The molecule has 0 radical (unpaired) electrons. The minimum atomic E-state index is -4.51. The fourth-order valence-electron chi connectivity index (χ4n) is 4.10. The quantitative estimate of drug-likeness (QED) is 0.696. The van der Waals surface area contributed by atoms with E-state index in [0.717, 1.165) is 21.9 Å². The Balaban J connectivity index is 1.95. The van der Waals surface area contributed by atoms with E-state index in [1.54, 1.807) is 0 Å². The zero-order valence-corrected chi connectivity index (χ0v) is 16.9. The summed E-state index contributed by atoms with van der Waals surface area (Å²) in [5, 5.41) is 9.90. The average molecular weight is 429 g/mol. The van der Waals surface area contributed by atoms with E-state index in [-0.39, 0.29) is 22.9 Å². The summed E-state index contributed by atoms with van der Waals surface area (Å²) in [5.41, 5.74) is 6.98. The summed E-state index contributed by atoms with van der Waals surface area (Å²) in [6.45, 7) is 1.93. The highest BCUT2D eigenvalue weighted by molar-refractivity contribution is 7.12. The van der Waals surface area contributed by atoms with Gasteiger partial charge in [-0.1, -0.05) is 6.07 Å². The second-order valence-electron chi connectivity index (χ2n) is 7.31. The lowest BCUT2D eigenvalue weighted by molar-refractivity contribution is -0.137. The number of aryl methyl sites for hydroxylation is 1. The number of hydrogen-bond donors (Lipinski definition) is 1. The highest BCUT2D eigenvalue weighted by Crippen LogP contribution is 2.48. The van der Waals surface area contributed by atoms with Gasteiger partial charge in [-0.25, -0.2) is 0 Å². The smallest absolute Gasteiger partial charge is 0.384 e. The largest absolute Gasteiger partial charge is 0.416 e. The zero-order chi connectivity index (χ0) is 21.6. The molecule has 0 saturated heterocycles. The molecule has 0 spiro atoms. The van der Waals surface area contributed by atoms with E-state index in [1.165, 1.54) is 28.4 Å². The molecule has 1 atom stereocenters. The molecule has 8 heteroatoms. The number of carbonyl (C=O) groups excluding carboxylic acids is 1. The van der Waals surface area contributed by atoms with Crippen molar-refractivity contribution < 1.29 is 18.0 Å². The minimum absolute atomic E-state index is 0.0707. The second-order valence-corrected chi connectivity index (χ2v) is 8.63. The number of benzene rings is 1. The highest BCUT2D eigenvalue weighted by atomic mass is 32.1. The number of alkyl halides is 3. The molecule has 0 bridgehead atoms. The van der Waals surface area contributed by atoms with Crippen LogP contribution >= 0.6 is 11.3 Å². The van der Waals surface area contributed by atoms with Crippen LogP contribution in [0, 0.1) is 18.3 Å². The van der Waals surface area contributed by atoms with Crippen LogP contribution in [0.4, 0.5) is 18.9 Å². The number of thiophene rings is 1. The summed E-state index contributed by atoms with van der Waals surface area (Å²) in [4.78, 5) is 16.3. The Labute approximate surface area is 175 Å². The molecule has 30 heavy (non-hydrogen) atoms. The third-order valence-corrected chi connectivity index (χ3v) is 6.46. The van der Waals surface area contributed by atoms with Gasteiger partial charge in [0.1, 0.15) is 5.82 Å². The van der Waals surface area contributed by atoms with Gasteiger partial charge in [0.2, 0.25) is 0 Å². The molecule has 1 aromatic carbocycles. The van der Waals surface area contributed by atoms with E-state index in [4.69, 9.17) is 5.73 Å². The van der Waals surface area contributed by atoms with Crippen molar-refractivity contribution in [1.29, 1.82) is 5.26 Å². The van der Waals surface area contributed by atoms with Crippen molar-refractivity contribution in [1.82, 2.24) is 0 Å². The molecule has 154 valence electrons. The maximum atomic E-state index is 13.3. The fraction of sp³-hybridized carbons (Fsp3) is 0.273. The molecule has 0 saturated carbocycles. The van der Waals surface area contributed by atoms with Gasteiger partial charge >= 0.3 is 6.18 Å². The third kappa shape index (κ3) is 3.29. The Morgan fingerprint density at radius 3 is 2.63 bits per heavy atom. The molecule has 2 aliphatic rings. The van der Waals surface area contributed by atoms with Gasteiger partial charge in [-0.05, 0) is 50.1 Å². The lowest BCUT2D eigenvalue weighted by Crippen LogP contribution is -2.38. The Hall–Kier alpha value is -3.05. The molecule has 0 fully saturated rings. The number of nitrogens with zero attached hydrogens (tertiary/aromatic N) is 2. The number of halogens is 3. The molecule has 2 N–H and O–H groups in total. The van der Waals surface area contributed by atoms with Gasteiger partial charge in [0, 0.05) is 33.1 Å². The summed E-state index contributed by atoms with van der Waals surface area (Å²) in [6.07, 6.45) is -3.09. The lowest BCUT2D eigenvalue weighted by Gasteiger charge is -2.39. The second kappa shape index (κ2) is 7.33. The van der Waals surface area contributed by atoms with Gasteiger partial charge in [0.15, 0.2) is 5.78 Å². The molecule has 1 aliphatic carbocycles. The van der Waals surface area contributed by atoms with Crippen LogP contribution in [0.3, 0.4) is 0 Å². The summed E-state index contributed by atoms with van der Waals surface area (Å²) in [7, 11) is 0. The average Bonchev–Trinajstić information content (AvgIpc) is 3.12. The van der Waals surface area contributed by atoms with Gasteiger partial charge in [-0.3, -0.25) is 9.69 Å². The summed E-state index contributed by atoms with van der Waals surface area (Å²) < 4.78 is 39.8. The van der Waals surface area contributed by atoms with Crippen molar-refractivity contribution in [2.45, 2.75) is 38.3 Å².